The molecule has 126 valence electrons. The topological polar surface area (TPSA) is 53.2 Å². The van der Waals surface area contributed by atoms with Gasteiger partial charge < -0.3 is 9.88 Å². The number of amides is 1. The van der Waals surface area contributed by atoms with E-state index in [4.69, 9.17) is 0 Å². The number of nitrogens with one attached hydrogen (secondary N) is 1. The van der Waals surface area contributed by atoms with Gasteiger partial charge in [0.15, 0.2) is 0 Å². The van der Waals surface area contributed by atoms with Crippen LogP contribution in [0.15, 0.2) is 77.7 Å². The van der Waals surface area contributed by atoms with Gasteiger partial charge in [-0.3, -0.25) is 9.59 Å². The highest BCUT2D eigenvalue weighted by molar-refractivity contribution is 5.95. The highest BCUT2D eigenvalue weighted by atomic mass is 16.2. The van der Waals surface area contributed by atoms with Gasteiger partial charge in [-0.25, -0.2) is 0 Å². The van der Waals surface area contributed by atoms with E-state index in [-0.39, 0.29) is 11.5 Å². The summed E-state index contributed by atoms with van der Waals surface area (Å²) >= 11 is 0. The maximum atomic E-state index is 12.9. The molecule has 0 saturated carbocycles. The summed E-state index contributed by atoms with van der Waals surface area (Å²) in [7, 11) is 0. The molecule has 25 heavy (non-hydrogen) atoms. The van der Waals surface area contributed by atoms with Gasteiger partial charge >= 0.3 is 0 Å². The van der Waals surface area contributed by atoms with E-state index in [1.807, 2.05) is 67.6 Å². The molecule has 1 N–H and O–H groups in total. The molecule has 1 amide bonds. The van der Waals surface area contributed by atoms with Crippen LogP contribution in [-0.2, 0) is 6.54 Å². The molecule has 0 aliphatic carbocycles. The van der Waals surface area contributed by atoms with Crippen LogP contribution >= 0.6 is 0 Å². The summed E-state index contributed by atoms with van der Waals surface area (Å²) in [5, 5.41) is 0. The third-order valence-electron chi connectivity index (χ3n) is 4.12. The van der Waals surface area contributed by atoms with E-state index in [1.54, 1.807) is 11.0 Å². The Morgan fingerprint density at radius 1 is 1.00 bits per heavy atom. The lowest BCUT2D eigenvalue weighted by Gasteiger charge is -2.21. The van der Waals surface area contributed by atoms with Gasteiger partial charge in [0.1, 0.15) is 0 Å². The quantitative estimate of drug-likeness (QED) is 0.774. The number of carbonyl (C=O) groups excluding carboxylic acids is 1. The molecule has 2 aromatic carbocycles. The van der Waals surface area contributed by atoms with Crippen molar-refractivity contribution in [3.63, 3.8) is 0 Å². The molecule has 4 nitrogen and oxygen atoms in total. The molecule has 3 rings (SSSR count). The van der Waals surface area contributed by atoms with Crippen molar-refractivity contribution in [2.75, 3.05) is 6.54 Å². The smallest absolute Gasteiger partial charge is 0.255 e. The van der Waals surface area contributed by atoms with Gasteiger partial charge in [0.25, 0.3) is 11.5 Å². The molecule has 0 radical (unpaired) electrons. The zero-order valence-corrected chi connectivity index (χ0v) is 14.1. The number of hydrogen-bond acceptors (Lipinski definition) is 2. The van der Waals surface area contributed by atoms with Crippen molar-refractivity contribution in [2.45, 2.75) is 13.5 Å². The second-order valence-electron chi connectivity index (χ2n) is 5.80. The Bertz CT molecular complexity index is 902. The molecule has 0 unspecified atom stereocenters. The number of pyridine rings is 1. The highest BCUT2D eigenvalue weighted by Crippen LogP contribution is 2.17. The Morgan fingerprint density at radius 3 is 2.28 bits per heavy atom. The third-order valence-corrected chi connectivity index (χ3v) is 4.12. The van der Waals surface area contributed by atoms with E-state index >= 15 is 0 Å². The second-order valence-corrected chi connectivity index (χ2v) is 5.80. The van der Waals surface area contributed by atoms with Crippen LogP contribution in [0.1, 0.15) is 22.8 Å². The van der Waals surface area contributed by atoms with Gasteiger partial charge in [-0.1, -0.05) is 60.7 Å². The minimum absolute atomic E-state index is 0.0974. The van der Waals surface area contributed by atoms with Crippen LogP contribution in [0.25, 0.3) is 11.1 Å². The van der Waals surface area contributed by atoms with Crippen LogP contribution < -0.4 is 5.56 Å². The van der Waals surface area contributed by atoms with Gasteiger partial charge in [-0.05, 0) is 24.1 Å². The van der Waals surface area contributed by atoms with Crippen molar-refractivity contribution < 1.29 is 4.79 Å². The van der Waals surface area contributed by atoms with Crippen LogP contribution in [0, 0.1) is 0 Å². The molecular formula is C21H20N2O2. The minimum atomic E-state index is -0.200. The van der Waals surface area contributed by atoms with E-state index in [0.717, 1.165) is 11.1 Å². The van der Waals surface area contributed by atoms with Gasteiger partial charge in [0.2, 0.25) is 0 Å². The molecule has 0 atom stereocenters. The number of carbonyl (C=O) groups is 1. The van der Waals surface area contributed by atoms with Gasteiger partial charge in [0.05, 0.1) is 5.56 Å². The van der Waals surface area contributed by atoms with Crippen molar-refractivity contribution >= 4 is 5.91 Å². The number of aromatic amines is 1. The Morgan fingerprint density at radius 2 is 1.64 bits per heavy atom. The lowest BCUT2D eigenvalue weighted by Crippen LogP contribution is -2.31. The average molecular weight is 332 g/mol. The molecule has 0 bridgehead atoms. The molecule has 4 heteroatoms. The van der Waals surface area contributed by atoms with E-state index < -0.39 is 0 Å². The van der Waals surface area contributed by atoms with E-state index in [1.165, 1.54) is 6.20 Å². The number of benzene rings is 2. The monoisotopic (exact) mass is 332 g/mol. The fourth-order valence-electron chi connectivity index (χ4n) is 2.75. The number of aromatic nitrogens is 1. The predicted octanol–water partition coefficient (Wildman–Crippen LogP) is 3.70. The number of nitrogens with zero attached hydrogens (tertiary/aromatic N) is 1. The zero-order chi connectivity index (χ0) is 17.6. The average Bonchev–Trinajstić information content (AvgIpc) is 2.67. The lowest BCUT2D eigenvalue weighted by atomic mass is 10.1. The van der Waals surface area contributed by atoms with Crippen molar-refractivity contribution in [2.24, 2.45) is 0 Å². The SMILES string of the molecule is CCN(Cc1ccccc1)C(=O)c1c[nH]c(=O)c(-c2ccccc2)c1. The van der Waals surface area contributed by atoms with E-state index in [9.17, 15) is 9.59 Å². The summed E-state index contributed by atoms with van der Waals surface area (Å²) < 4.78 is 0. The van der Waals surface area contributed by atoms with Crippen LogP contribution in [-0.4, -0.2) is 22.3 Å². The lowest BCUT2D eigenvalue weighted by molar-refractivity contribution is 0.0752. The van der Waals surface area contributed by atoms with Crippen LogP contribution in [0.4, 0.5) is 0 Å². The fraction of sp³-hybridized carbons (Fsp3) is 0.143. The molecule has 0 fully saturated rings. The van der Waals surface area contributed by atoms with Crippen LogP contribution in [0.2, 0.25) is 0 Å². The number of rotatable bonds is 5. The van der Waals surface area contributed by atoms with Crippen molar-refractivity contribution in [1.82, 2.24) is 9.88 Å². The molecule has 0 saturated heterocycles. The van der Waals surface area contributed by atoms with E-state index in [2.05, 4.69) is 4.98 Å². The second kappa shape index (κ2) is 7.62. The van der Waals surface area contributed by atoms with E-state index in [0.29, 0.717) is 24.2 Å². The summed E-state index contributed by atoms with van der Waals surface area (Å²) in [5.74, 6) is -0.0974. The van der Waals surface area contributed by atoms with Crippen molar-refractivity contribution in [1.29, 1.82) is 0 Å². The maximum Gasteiger partial charge on any atom is 0.255 e. The van der Waals surface area contributed by atoms with Gasteiger partial charge in [-0.2, -0.15) is 0 Å². The van der Waals surface area contributed by atoms with Crippen molar-refractivity contribution in [3.05, 3.63) is 94.4 Å². The zero-order valence-electron chi connectivity index (χ0n) is 14.1. The maximum absolute atomic E-state index is 12.9. The summed E-state index contributed by atoms with van der Waals surface area (Å²) in [6.07, 6.45) is 1.49. The standard InChI is InChI=1S/C21H20N2O2/c1-2-23(15-16-9-5-3-6-10-16)21(25)18-13-19(20(24)22-14-18)17-11-7-4-8-12-17/h3-14H,2,15H2,1H3,(H,22,24). The van der Waals surface area contributed by atoms with Crippen LogP contribution in [0.5, 0.6) is 0 Å². The molecule has 3 aromatic rings. The molecule has 0 aliphatic heterocycles. The Labute approximate surface area is 146 Å². The summed E-state index contributed by atoms with van der Waals surface area (Å²) in [4.78, 5) is 29.5. The highest BCUT2D eigenvalue weighted by Gasteiger charge is 2.16. The van der Waals surface area contributed by atoms with Gasteiger partial charge in [-0.15, -0.1) is 0 Å². The largest absolute Gasteiger partial charge is 0.335 e. The fourth-order valence-corrected chi connectivity index (χ4v) is 2.75. The first-order valence-corrected chi connectivity index (χ1v) is 8.30. The van der Waals surface area contributed by atoms with Gasteiger partial charge in [0, 0.05) is 24.8 Å². The first-order chi connectivity index (χ1) is 12.2. The van der Waals surface area contributed by atoms with Crippen LogP contribution in [0.3, 0.4) is 0 Å². The summed E-state index contributed by atoms with van der Waals surface area (Å²) in [6.45, 7) is 3.08. The minimum Gasteiger partial charge on any atom is -0.335 e. The third kappa shape index (κ3) is 3.86. The van der Waals surface area contributed by atoms with Crippen molar-refractivity contribution in [3.8, 4) is 11.1 Å². The number of hydrogen-bond donors (Lipinski definition) is 1. The first-order valence-electron chi connectivity index (χ1n) is 8.30. The normalized spacial score (nSPS) is 10.4. The molecule has 0 spiro atoms. The molecule has 1 aromatic heterocycles. The predicted molar refractivity (Wildman–Crippen MR) is 99.4 cm³/mol. The number of H-pyrrole nitrogens is 1. The summed E-state index contributed by atoms with van der Waals surface area (Å²) in [5.41, 5.74) is 2.65. The Kier molecular flexibility index (Phi) is 5.09. The first kappa shape index (κ1) is 16.7. The molecule has 0 aliphatic rings. The Balaban J connectivity index is 1.90. The molecular weight excluding hydrogens is 312 g/mol. The summed E-state index contributed by atoms with van der Waals surface area (Å²) in [6, 6.07) is 20.9. The Hall–Kier alpha value is -3.14. The molecule has 1 heterocycles.